The molecular weight excluding hydrogens is 478 g/mol. The molecule has 2 saturated heterocycles. The molecule has 5 rings (SSSR count). The number of aromatic amines is 1. The van der Waals surface area contributed by atoms with Crippen molar-refractivity contribution in [2.75, 3.05) is 51.2 Å². The van der Waals surface area contributed by atoms with E-state index in [1.807, 2.05) is 37.4 Å². The number of pyridine rings is 2. The van der Waals surface area contributed by atoms with Gasteiger partial charge in [0.1, 0.15) is 10.6 Å². The highest BCUT2D eigenvalue weighted by atomic mass is 32.2. The lowest BCUT2D eigenvalue weighted by Gasteiger charge is -2.39. The predicted octanol–water partition coefficient (Wildman–Crippen LogP) is 3.01. The van der Waals surface area contributed by atoms with Gasteiger partial charge in [-0.25, -0.2) is 18.4 Å². The molecule has 2 N–H and O–H groups in total. The molecule has 1 atom stereocenters. The van der Waals surface area contributed by atoms with Crippen molar-refractivity contribution >= 4 is 26.7 Å². The van der Waals surface area contributed by atoms with Gasteiger partial charge in [0.25, 0.3) is 0 Å². The van der Waals surface area contributed by atoms with Gasteiger partial charge in [-0.1, -0.05) is 6.92 Å². The van der Waals surface area contributed by atoms with E-state index < -0.39 is 14.6 Å². The number of aromatic nitrogens is 3. The Kier molecular flexibility index (Phi) is 7.04. The Hall–Kier alpha value is -2.53. The lowest BCUT2D eigenvalue weighted by Crippen LogP contribution is -2.46. The van der Waals surface area contributed by atoms with E-state index in [1.165, 1.54) is 6.26 Å². The summed E-state index contributed by atoms with van der Waals surface area (Å²) in [5.41, 5.74) is 5.03. The molecule has 10 heteroatoms. The van der Waals surface area contributed by atoms with Crippen molar-refractivity contribution in [3.05, 3.63) is 41.6 Å². The van der Waals surface area contributed by atoms with Gasteiger partial charge in [-0.2, -0.15) is 0 Å². The fourth-order valence-electron chi connectivity index (χ4n) is 5.42. The van der Waals surface area contributed by atoms with Gasteiger partial charge in [0.2, 0.25) is 0 Å². The first kappa shape index (κ1) is 25.1. The van der Waals surface area contributed by atoms with Gasteiger partial charge in [0, 0.05) is 38.3 Å². The van der Waals surface area contributed by atoms with Gasteiger partial charge in [-0.3, -0.25) is 0 Å². The second kappa shape index (κ2) is 10.1. The van der Waals surface area contributed by atoms with E-state index in [-0.39, 0.29) is 6.04 Å². The van der Waals surface area contributed by atoms with Crippen LogP contribution in [0.2, 0.25) is 0 Å². The molecule has 0 spiro atoms. The highest BCUT2D eigenvalue weighted by Crippen LogP contribution is 2.42. The zero-order valence-corrected chi connectivity index (χ0v) is 22.0. The van der Waals surface area contributed by atoms with E-state index in [9.17, 15) is 8.42 Å². The Labute approximate surface area is 212 Å². The third kappa shape index (κ3) is 4.63. The molecule has 0 aromatic carbocycles. The molecule has 2 aliphatic rings. The molecule has 0 saturated carbocycles. The summed E-state index contributed by atoms with van der Waals surface area (Å²) < 4.78 is 36.8. The molecule has 194 valence electrons. The second-order valence-corrected chi connectivity index (χ2v) is 12.1. The molecular formula is C26H35N5O4S. The zero-order chi connectivity index (χ0) is 25.3. The molecule has 0 radical (unpaired) electrons. The molecule has 5 heterocycles. The van der Waals surface area contributed by atoms with Crippen LogP contribution in [-0.2, 0) is 30.6 Å². The Morgan fingerprint density at radius 3 is 2.64 bits per heavy atom. The van der Waals surface area contributed by atoms with Crippen molar-refractivity contribution in [2.24, 2.45) is 0 Å². The van der Waals surface area contributed by atoms with Crippen LogP contribution >= 0.6 is 0 Å². The van der Waals surface area contributed by atoms with E-state index in [2.05, 4.69) is 22.1 Å². The van der Waals surface area contributed by atoms with Crippen LogP contribution in [0.15, 0.2) is 30.3 Å². The number of rotatable bonds is 7. The monoisotopic (exact) mass is 513 g/mol. The maximum absolute atomic E-state index is 13.3. The Morgan fingerprint density at radius 2 is 1.92 bits per heavy atom. The molecule has 1 unspecified atom stereocenters. The van der Waals surface area contributed by atoms with E-state index >= 15 is 0 Å². The van der Waals surface area contributed by atoms with Crippen LogP contribution < -0.4 is 10.2 Å². The van der Waals surface area contributed by atoms with Gasteiger partial charge in [0.15, 0.2) is 9.84 Å². The van der Waals surface area contributed by atoms with Crippen LogP contribution in [0, 0.1) is 0 Å². The highest BCUT2D eigenvalue weighted by molar-refractivity contribution is 7.91. The van der Waals surface area contributed by atoms with Crippen LogP contribution in [-0.4, -0.2) is 75.7 Å². The lowest BCUT2D eigenvalue weighted by atomic mass is 9.90. The quantitative estimate of drug-likeness (QED) is 0.496. The lowest BCUT2D eigenvalue weighted by molar-refractivity contribution is 0.0741. The van der Waals surface area contributed by atoms with Crippen LogP contribution in [0.1, 0.15) is 37.4 Å². The molecule has 0 bridgehead atoms. The molecule has 9 nitrogen and oxygen atoms in total. The molecule has 36 heavy (non-hydrogen) atoms. The smallest absolute Gasteiger partial charge is 0.157 e. The van der Waals surface area contributed by atoms with E-state index in [0.717, 1.165) is 46.8 Å². The molecule has 2 fully saturated rings. The van der Waals surface area contributed by atoms with E-state index in [0.29, 0.717) is 51.5 Å². The molecule has 0 aliphatic carbocycles. The summed E-state index contributed by atoms with van der Waals surface area (Å²) >= 11 is 0. The number of nitrogens with one attached hydrogen (secondary N) is 2. The number of sulfone groups is 1. The van der Waals surface area contributed by atoms with Crippen molar-refractivity contribution in [1.29, 1.82) is 0 Å². The number of ether oxygens (including phenoxy) is 2. The number of hydrogen-bond donors (Lipinski definition) is 2. The van der Waals surface area contributed by atoms with Crippen molar-refractivity contribution in [3.63, 3.8) is 0 Å². The Morgan fingerprint density at radius 1 is 1.11 bits per heavy atom. The third-order valence-corrected chi connectivity index (χ3v) is 9.57. The summed E-state index contributed by atoms with van der Waals surface area (Å²) in [4.78, 5) is 15.6. The van der Waals surface area contributed by atoms with Crippen LogP contribution in [0.25, 0.3) is 22.4 Å². The fraction of sp³-hybridized carbons (Fsp3) is 0.538. The van der Waals surface area contributed by atoms with Crippen molar-refractivity contribution < 1.29 is 17.9 Å². The normalized spacial score (nSPS) is 20.6. The Bertz CT molecular complexity index is 1330. The SMILES string of the molecule is CCC1COCCN1c1cc(C2(S(C)(=O)=O)CCOCC2)cc(-c2ccc3[nH]c(CNC)cc3n2)n1. The van der Waals surface area contributed by atoms with Gasteiger partial charge < -0.3 is 24.7 Å². The first-order valence-electron chi connectivity index (χ1n) is 12.6. The van der Waals surface area contributed by atoms with Crippen molar-refractivity contribution in [3.8, 4) is 11.4 Å². The fourth-order valence-corrected chi connectivity index (χ4v) is 6.87. The van der Waals surface area contributed by atoms with Gasteiger partial charge in [-0.05, 0) is 62.2 Å². The molecule has 3 aromatic rings. The summed E-state index contributed by atoms with van der Waals surface area (Å²) in [5.74, 6) is 0.777. The van der Waals surface area contributed by atoms with Crippen molar-refractivity contribution in [1.82, 2.24) is 20.3 Å². The first-order valence-corrected chi connectivity index (χ1v) is 14.5. The molecule has 3 aromatic heterocycles. The summed E-state index contributed by atoms with van der Waals surface area (Å²) in [7, 11) is -1.52. The largest absolute Gasteiger partial charge is 0.381 e. The van der Waals surface area contributed by atoms with Crippen LogP contribution in [0.4, 0.5) is 5.82 Å². The zero-order valence-electron chi connectivity index (χ0n) is 21.2. The summed E-state index contributed by atoms with van der Waals surface area (Å²) in [6.45, 7) is 5.64. The summed E-state index contributed by atoms with van der Waals surface area (Å²) in [5, 5.41) is 3.15. The average molecular weight is 514 g/mol. The maximum atomic E-state index is 13.3. The van der Waals surface area contributed by atoms with Gasteiger partial charge in [-0.15, -0.1) is 0 Å². The molecule has 0 amide bonds. The minimum absolute atomic E-state index is 0.183. The van der Waals surface area contributed by atoms with Gasteiger partial charge in [0.05, 0.1) is 41.7 Å². The molecule has 2 aliphatic heterocycles. The van der Waals surface area contributed by atoms with E-state index in [1.54, 1.807) is 0 Å². The van der Waals surface area contributed by atoms with Crippen LogP contribution in [0.5, 0.6) is 0 Å². The minimum atomic E-state index is -3.43. The Balaban J connectivity index is 1.67. The minimum Gasteiger partial charge on any atom is -0.381 e. The number of H-pyrrole nitrogens is 1. The third-order valence-electron chi connectivity index (χ3n) is 7.50. The van der Waals surface area contributed by atoms with Crippen molar-refractivity contribution in [2.45, 2.75) is 43.5 Å². The number of hydrogen-bond acceptors (Lipinski definition) is 8. The second-order valence-electron chi connectivity index (χ2n) is 9.76. The number of anilines is 1. The predicted molar refractivity (Wildman–Crippen MR) is 141 cm³/mol. The number of morpholine rings is 1. The number of fused-ring (bicyclic) bond motifs is 1. The van der Waals surface area contributed by atoms with E-state index in [4.69, 9.17) is 19.4 Å². The standard InChI is InChI=1S/C26H35N5O4S/c1-4-20-17-35-12-9-31(20)25-14-18(26(36(3,32)33)7-10-34-11-8-26)13-23(30-25)22-6-5-21-24(29-22)15-19(28-21)16-27-2/h5-6,13-15,20,27-28H,4,7-12,16-17H2,1-3H3. The number of nitrogens with zero attached hydrogens (tertiary/aromatic N) is 3. The highest BCUT2D eigenvalue weighted by Gasteiger charge is 2.44. The van der Waals surface area contributed by atoms with Crippen LogP contribution in [0.3, 0.4) is 0 Å². The maximum Gasteiger partial charge on any atom is 0.157 e. The average Bonchev–Trinajstić information content (AvgIpc) is 3.30. The first-order chi connectivity index (χ1) is 17.3. The van der Waals surface area contributed by atoms with Gasteiger partial charge >= 0.3 is 0 Å². The summed E-state index contributed by atoms with van der Waals surface area (Å²) in [6, 6.07) is 10.1. The topological polar surface area (TPSA) is 109 Å². The summed E-state index contributed by atoms with van der Waals surface area (Å²) in [6.07, 6.45) is 3.10.